The number of allylic oxidation sites excluding steroid dienone is 3. The van der Waals surface area contributed by atoms with Crippen LogP contribution in [0.3, 0.4) is 0 Å². The van der Waals surface area contributed by atoms with Crippen LogP contribution in [-0.4, -0.2) is 16.0 Å². The number of carbonyl (C=O) groups excluding carboxylic acids is 1. The summed E-state index contributed by atoms with van der Waals surface area (Å²) >= 11 is 6.23. The van der Waals surface area contributed by atoms with Gasteiger partial charge in [0.15, 0.2) is 11.6 Å². The van der Waals surface area contributed by atoms with E-state index in [0.717, 1.165) is 28.9 Å². The molecule has 32 heavy (non-hydrogen) atoms. The second kappa shape index (κ2) is 8.03. The van der Waals surface area contributed by atoms with Gasteiger partial charge in [0.05, 0.1) is 23.3 Å². The zero-order valence-corrected chi connectivity index (χ0v) is 17.9. The highest BCUT2D eigenvalue weighted by Crippen LogP contribution is 2.46. The van der Waals surface area contributed by atoms with Crippen molar-refractivity contribution in [3.8, 4) is 17.3 Å². The third-order valence-electron chi connectivity index (χ3n) is 5.97. The van der Waals surface area contributed by atoms with Gasteiger partial charge in [0.1, 0.15) is 5.82 Å². The molecule has 2 aliphatic rings. The molecule has 1 aliphatic heterocycles. The number of hydrogen-bond donors (Lipinski definition) is 2. The molecule has 1 aliphatic carbocycles. The maximum atomic E-state index is 13.2. The largest absolute Gasteiger partial charge is 0.384 e. The van der Waals surface area contributed by atoms with Gasteiger partial charge < -0.3 is 5.73 Å². The van der Waals surface area contributed by atoms with Gasteiger partial charge in [0, 0.05) is 28.8 Å². The molecule has 1 unspecified atom stereocenters. The van der Waals surface area contributed by atoms with Gasteiger partial charge in [0.25, 0.3) is 0 Å². The fourth-order valence-corrected chi connectivity index (χ4v) is 4.76. The van der Waals surface area contributed by atoms with Crippen molar-refractivity contribution in [2.75, 3.05) is 4.90 Å². The Bertz CT molecular complexity index is 1320. The summed E-state index contributed by atoms with van der Waals surface area (Å²) in [6.07, 6.45) is 1.84. The Morgan fingerprint density at radius 1 is 1.12 bits per heavy atom. The lowest BCUT2D eigenvalue weighted by Crippen LogP contribution is -2.38. The number of benzene rings is 2. The molecule has 0 amide bonds. The molecule has 158 valence electrons. The summed E-state index contributed by atoms with van der Waals surface area (Å²) in [6.45, 7) is 0. The predicted octanol–water partition coefficient (Wildman–Crippen LogP) is 5.03. The number of nitrogens with zero attached hydrogens (tertiary/aromatic N) is 3. The third-order valence-corrected chi connectivity index (χ3v) is 6.21. The molecule has 1 aromatic heterocycles. The van der Waals surface area contributed by atoms with E-state index in [0.29, 0.717) is 34.8 Å². The maximum absolute atomic E-state index is 13.2. The van der Waals surface area contributed by atoms with E-state index in [2.05, 4.69) is 16.3 Å². The van der Waals surface area contributed by atoms with Crippen molar-refractivity contribution in [3.63, 3.8) is 0 Å². The predicted molar refractivity (Wildman–Crippen MR) is 123 cm³/mol. The van der Waals surface area contributed by atoms with Gasteiger partial charge in [-0.1, -0.05) is 54.1 Å². The van der Waals surface area contributed by atoms with E-state index >= 15 is 0 Å². The van der Waals surface area contributed by atoms with Gasteiger partial charge in [-0.2, -0.15) is 10.4 Å². The van der Waals surface area contributed by atoms with Gasteiger partial charge in [-0.05, 0) is 36.1 Å². The maximum Gasteiger partial charge on any atom is 0.161 e. The summed E-state index contributed by atoms with van der Waals surface area (Å²) in [7, 11) is 0. The molecule has 5 rings (SSSR count). The first-order valence-corrected chi connectivity index (χ1v) is 10.8. The number of carbonyl (C=O) groups is 1. The molecule has 0 radical (unpaired) electrons. The SMILES string of the molecule is N#CC1=C(N)N(c2cc(-c3ccccc3)[nH]n2)C2=C(C(=O)CCC2)C1c1cccc(Cl)c1. The molecule has 0 fully saturated rings. The van der Waals surface area contributed by atoms with Crippen molar-refractivity contribution in [2.45, 2.75) is 25.2 Å². The fourth-order valence-electron chi connectivity index (χ4n) is 4.56. The van der Waals surface area contributed by atoms with E-state index < -0.39 is 5.92 Å². The number of H-pyrrole nitrogens is 1. The Balaban J connectivity index is 1.68. The van der Waals surface area contributed by atoms with Crippen LogP contribution in [0.5, 0.6) is 0 Å². The van der Waals surface area contributed by atoms with Crippen LogP contribution in [0.25, 0.3) is 11.3 Å². The Morgan fingerprint density at radius 3 is 2.69 bits per heavy atom. The first-order valence-electron chi connectivity index (χ1n) is 10.4. The summed E-state index contributed by atoms with van der Waals surface area (Å²) in [4.78, 5) is 14.9. The van der Waals surface area contributed by atoms with Gasteiger partial charge in [0.2, 0.25) is 0 Å². The Labute approximate surface area is 190 Å². The average Bonchev–Trinajstić information content (AvgIpc) is 3.29. The van der Waals surface area contributed by atoms with Crippen molar-refractivity contribution in [1.29, 1.82) is 5.26 Å². The number of nitriles is 1. The number of nitrogens with two attached hydrogens (primary N) is 1. The number of aromatic amines is 1. The number of anilines is 1. The summed E-state index contributed by atoms with van der Waals surface area (Å²) in [5.74, 6) is 0.337. The molecule has 3 aromatic rings. The van der Waals surface area contributed by atoms with Crippen molar-refractivity contribution in [2.24, 2.45) is 5.73 Å². The summed E-state index contributed by atoms with van der Waals surface area (Å²) in [5, 5.41) is 18.2. The van der Waals surface area contributed by atoms with Crippen LogP contribution < -0.4 is 10.6 Å². The van der Waals surface area contributed by atoms with Crippen molar-refractivity contribution in [1.82, 2.24) is 10.2 Å². The van der Waals surface area contributed by atoms with Crippen LogP contribution in [-0.2, 0) is 4.79 Å². The lowest BCUT2D eigenvalue weighted by molar-refractivity contribution is -0.116. The van der Waals surface area contributed by atoms with E-state index in [-0.39, 0.29) is 11.6 Å². The van der Waals surface area contributed by atoms with Crippen LogP contribution in [0.4, 0.5) is 5.82 Å². The molecule has 0 bridgehead atoms. The Kier molecular flexibility index (Phi) is 5.04. The zero-order valence-electron chi connectivity index (χ0n) is 17.2. The van der Waals surface area contributed by atoms with E-state index in [4.69, 9.17) is 17.3 Å². The number of halogens is 1. The highest BCUT2D eigenvalue weighted by atomic mass is 35.5. The molecule has 0 spiro atoms. The number of Topliss-reactive ketones (excluding diaryl/α,β-unsaturated/α-hetero) is 1. The van der Waals surface area contributed by atoms with Crippen molar-refractivity contribution in [3.05, 3.63) is 93.9 Å². The van der Waals surface area contributed by atoms with Crippen LogP contribution in [0.15, 0.2) is 83.3 Å². The average molecular weight is 442 g/mol. The first kappa shape index (κ1) is 20.1. The normalized spacial score (nSPS) is 18.6. The van der Waals surface area contributed by atoms with Gasteiger partial charge >= 0.3 is 0 Å². The van der Waals surface area contributed by atoms with Crippen LogP contribution in [0.1, 0.15) is 30.7 Å². The molecule has 2 heterocycles. The molecule has 0 saturated heterocycles. The summed E-state index contributed by atoms with van der Waals surface area (Å²) in [5.41, 5.74) is 10.9. The van der Waals surface area contributed by atoms with Crippen molar-refractivity contribution < 1.29 is 4.79 Å². The Morgan fingerprint density at radius 2 is 1.94 bits per heavy atom. The third kappa shape index (κ3) is 3.28. The van der Waals surface area contributed by atoms with Crippen molar-refractivity contribution >= 4 is 23.2 Å². The smallest absolute Gasteiger partial charge is 0.161 e. The highest BCUT2D eigenvalue weighted by Gasteiger charge is 2.40. The second-order valence-corrected chi connectivity index (χ2v) is 8.31. The minimum atomic E-state index is -0.537. The molecule has 7 heteroatoms. The number of rotatable bonds is 3. The van der Waals surface area contributed by atoms with Crippen LogP contribution >= 0.6 is 11.6 Å². The van der Waals surface area contributed by atoms with E-state index in [1.165, 1.54) is 0 Å². The zero-order chi connectivity index (χ0) is 22.2. The minimum Gasteiger partial charge on any atom is -0.384 e. The fraction of sp³-hybridized carbons (Fsp3) is 0.160. The number of aromatic nitrogens is 2. The molecule has 1 atom stereocenters. The standard InChI is InChI=1S/C25H20ClN5O/c26-17-9-4-8-16(12-17)23-18(14-27)25(28)31(20-10-5-11-21(32)24(20)23)22-13-19(29-30-22)15-6-2-1-3-7-15/h1-4,6-9,12-13,23H,5,10-11,28H2,(H,29,30). The quantitative estimate of drug-likeness (QED) is 0.593. The molecular formula is C25H20ClN5O. The molecule has 6 nitrogen and oxygen atoms in total. The summed E-state index contributed by atoms with van der Waals surface area (Å²) < 4.78 is 0. The molecule has 3 N–H and O–H groups in total. The second-order valence-electron chi connectivity index (χ2n) is 7.88. The Hall–Kier alpha value is -3.82. The molecule has 0 saturated carbocycles. The number of ketones is 1. The monoisotopic (exact) mass is 441 g/mol. The van der Waals surface area contributed by atoms with Gasteiger partial charge in [-0.3, -0.25) is 14.8 Å². The topological polar surface area (TPSA) is 98.8 Å². The lowest BCUT2D eigenvalue weighted by Gasteiger charge is -2.38. The van der Waals surface area contributed by atoms with E-state index in [9.17, 15) is 10.1 Å². The minimum absolute atomic E-state index is 0.0281. The van der Waals surface area contributed by atoms with E-state index in [1.807, 2.05) is 48.5 Å². The summed E-state index contributed by atoms with van der Waals surface area (Å²) in [6, 6.07) is 21.2. The van der Waals surface area contributed by atoms with Gasteiger partial charge in [-0.15, -0.1) is 0 Å². The number of hydrogen-bond acceptors (Lipinski definition) is 5. The van der Waals surface area contributed by atoms with Crippen LogP contribution in [0, 0.1) is 11.3 Å². The highest BCUT2D eigenvalue weighted by molar-refractivity contribution is 6.30. The first-order chi connectivity index (χ1) is 15.6. The number of nitrogens with one attached hydrogen (secondary N) is 1. The van der Waals surface area contributed by atoms with Gasteiger partial charge in [-0.25, -0.2) is 0 Å². The van der Waals surface area contributed by atoms with E-state index in [1.54, 1.807) is 17.0 Å². The molecule has 2 aromatic carbocycles. The lowest BCUT2D eigenvalue weighted by atomic mass is 9.75. The van der Waals surface area contributed by atoms with Crippen LogP contribution in [0.2, 0.25) is 5.02 Å². The molecular weight excluding hydrogens is 422 g/mol.